The molecule has 0 aliphatic carbocycles. The molecule has 136 valence electrons. The summed E-state index contributed by atoms with van der Waals surface area (Å²) >= 11 is 5.74. The molecule has 0 aromatic heterocycles. The van der Waals surface area contributed by atoms with Crippen molar-refractivity contribution in [3.05, 3.63) is 34.6 Å². The van der Waals surface area contributed by atoms with Gasteiger partial charge in [-0.15, -0.1) is 0 Å². The van der Waals surface area contributed by atoms with E-state index >= 15 is 0 Å². The zero-order chi connectivity index (χ0) is 17.4. The van der Waals surface area contributed by atoms with Gasteiger partial charge in [-0.05, 0) is 42.9 Å². The molecule has 25 heavy (non-hydrogen) atoms. The zero-order valence-electron chi connectivity index (χ0n) is 14.3. The topological polar surface area (TPSA) is 32.8 Å². The van der Waals surface area contributed by atoms with Gasteiger partial charge in [0.05, 0.1) is 10.6 Å². The number of likely N-dealkylation sites (tertiary alicyclic amines) is 2. The number of halogens is 2. The third kappa shape index (κ3) is 3.42. The summed E-state index contributed by atoms with van der Waals surface area (Å²) in [5.74, 6) is 0.451. The summed E-state index contributed by atoms with van der Waals surface area (Å²) in [5, 5.41) is 0.166. The molecule has 0 radical (unpaired) electrons. The van der Waals surface area contributed by atoms with Crippen LogP contribution >= 0.6 is 11.6 Å². The van der Waals surface area contributed by atoms with Gasteiger partial charge in [-0.2, -0.15) is 0 Å². The van der Waals surface area contributed by atoms with Crippen LogP contribution in [-0.4, -0.2) is 54.1 Å². The maximum absolute atomic E-state index is 13.6. The van der Waals surface area contributed by atoms with E-state index in [0.29, 0.717) is 18.2 Å². The summed E-state index contributed by atoms with van der Waals surface area (Å²) in [4.78, 5) is 16.1. The van der Waals surface area contributed by atoms with Crippen LogP contribution < -0.4 is 0 Å². The van der Waals surface area contributed by atoms with E-state index in [1.807, 2.05) is 11.0 Å². The predicted octanol–water partition coefficient (Wildman–Crippen LogP) is 3.08. The number of benzene rings is 1. The minimum Gasteiger partial charge on any atom is -0.372 e. The predicted molar refractivity (Wildman–Crippen MR) is 93.9 cm³/mol. The van der Waals surface area contributed by atoms with Crippen LogP contribution in [0.5, 0.6) is 0 Å². The largest absolute Gasteiger partial charge is 0.372 e. The Bertz CT molecular complexity index is 663. The molecule has 3 aliphatic rings. The smallest absolute Gasteiger partial charge is 0.222 e. The molecule has 4 nitrogen and oxygen atoms in total. The molecule has 3 fully saturated rings. The van der Waals surface area contributed by atoms with E-state index in [1.165, 1.54) is 6.07 Å². The second kappa shape index (κ2) is 6.86. The number of hydrogen-bond donors (Lipinski definition) is 0. The summed E-state index contributed by atoms with van der Waals surface area (Å²) < 4.78 is 19.7. The Morgan fingerprint density at radius 2 is 2.20 bits per heavy atom. The van der Waals surface area contributed by atoms with Crippen LogP contribution in [0.3, 0.4) is 0 Å². The maximum atomic E-state index is 13.6. The minimum absolute atomic E-state index is 0.0618. The molecule has 0 saturated carbocycles. The number of hydrogen-bond acceptors (Lipinski definition) is 3. The highest BCUT2D eigenvalue weighted by Gasteiger charge is 2.52. The molecule has 6 heteroatoms. The fourth-order valence-corrected chi connectivity index (χ4v) is 4.63. The van der Waals surface area contributed by atoms with Gasteiger partial charge >= 0.3 is 0 Å². The zero-order valence-corrected chi connectivity index (χ0v) is 15.1. The van der Waals surface area contributed by atoms with Gasteiger partial charge in [0, 0.05) is 45.8 Å². The van der Waals surface area contributed by atoms with E-state index < -0.39 is 0 Å². The lowest BCUT2D eigenvalue weighted by atomic mass is 9.78. The normalized spacial score (nSPS) is 25.8. The summed E-state index contributed by atoms with van der Waals surface area (Å²) in [5.41, 5.74) is 0.877. The molecule has 1 aromatic rings. The molecular weight excluding hydrogens is 343 g/mol. The lowest BCUT2D eigenvalue weighted by Crippen LogP contribution is -2.64. The van der Waals surface area contributed by atoms with Gasteiger partial charge in [-0.1, -0.05) is 17.7 Å². The average Bonchev–Trinajstić information content (AvgIpc) is 3.15. The first-order valence-electron chi connectivity index (χ1n) is 9.14. The van der Waals surface area contributed by atoms with E-state index in [-0.39, 0.29) is 16.4 Å². The second-order valence-corrected chi connectivity index (χ2v) is 7.97. The Kier molecular flexibility index (Phi) is 4.73. The molecular formula is C19H24ClFN2O2. The van der Waals surface area contributed by atoms with Crippen molar-refractivity contribution < 1.29 is 13.9 Å². The summed E-state index contributed by atoms with van der Waals surface area (Å²) in [7, 11) is 0. The highest BCUT2D eigenvalue weighted by molar-refractivity contribution is 6.30. The highest BCUT2D eigenvalue weighted by atomic mass is 35.5. The Hall–Kier alpha value is -1.17. The van der Waals surface area contributed by atoms with Crippen LogP contribution in [0.4, 0.5) is 4.39 Å². The summed E-state index contributed by atoms with van der Waals surface area (Å²) in [6, 6.07) is 5.01. The van der Waals surface area contributed by atoms with E-state index in [0.717, 1.165) is 64.2 Å². The van der Waals surface area contributed by atoms with E-state index in [1.54, 1.807) is 6.07 Å². The van der Waals surface area contributed by atoms with E-state index in [9.17, 15) is 9.18 Å². The van der Waals surface area contributed by atoms with E-state index in [2.05, 4.69) is 4.90 Å². The van der Waals surface area contributed by atoms with Crippen LogP contribution in [0.2, 0.25) is 5.02 Å². The van der Waals surface area contributed by atoms with Crippen molar-refractivity contribution in [3.8, 4) is 0 Å². The molecule has 1 atom stereocenters. The van der Waals surface area contributed by atoms with E-state index in [4.69, 9.17) is 16.3 Å². The number of rotatable bonds is 5. The Morgan fingerprint density at radius 3 is 2.92 bits per heavy atom. The highest BCUT2D eigenvalue weighted by Crippen LogP contribution is 2.42. The molecule has 1 aromatic carbocycles. The first-order valence-corrected chi connectivity index (χ1v) is 9.52. The second-order valence-electron chi connectivity index (χ2n) is 7.57. The fourth-order valence-electron chi connectivity index (χ4n) is 4.51. The first-order chi connectivity index (χ1) is 12.1. The number of carbonyl (C=O) groups is 1. The molecule has 1 unspecified atom stereocenters. The van der Waals surface area contributed by atoms with Crippen molar-refractivity contribution >= 4 is 17.5 Å². The van der Waals surface area contributed by atoms with Crippen molar-refractivity contribution in [1.82, 2.24) is 9.80 Å². The number of carbonyl (C=O) groups excluding carboxylic acids is 1. The van der Waals surface area contributed by atoms with Gasteiger partial charge in [0.15, 0.2) is 0 Å². The quantitative estimate of drug-likeness (QED) is 0.802. The van der Waals surface area contributed by atoms with Gasteiger partial charge in [0.25, 0.3) is 0 Å². The Labute approximate surface area is 152 Å². The van der Waals surface area contributed by atoms with Crippen LogP contribution in [0.25, 0.3) is 0 Å². The number of ether oxygens (including phenoxy) is 1. The van der Waals surface area contributed by atoms with Gasteiger partial charge in [0.2, 0.25) is 5.91 Å². The van der Waals surface area contributed by atoms with Gasteiger partial charge < -0.3 is 9.64 Å². The Morgan fingerprint density at radius 1 is 1.36 bits per heavy atom. The molecule has 3 heterocycles. The van der Waals surface area contributed by atoms with Crippen LogP contribution in [0.15, 0.2) is 18.2 Å². The fraction of sp³-hybridized carbons (Fsp3) is 0.632. The van der Waals surface area contributed by atoms with Crippen molar-refractivity contribution in [3.63, 3.8) is 0 Å². The molecule has 3 saturated heterocycles. The van der Waals surface area contributed by atoms with Crippen molar-refractivity contribution in [2.45, 2.75) is 37.8 Å². The van der Waals surface area contributed by atoms with Gasteiger partial charge in [-0.3, -0.25) is 9.69 Å². The first kappa shape index (κ1) is 17.3. The lowest BCUT2D eigenvalue weighted by molar-refractivity contribution is -0.139. The van der Waals surface area contributed by atoms with Gasteiger partial charge in [-0.25, -0.2) is 4.39 Å². The molecule has 1 amide bonds. The average molecular weight is 367 g/mol. The molecule has 3 aliphatic heterocycles. The summed E-state index contributed by atoms with van der Waals surface area (Å²) in [6.45, 7) is 5.06. The molecule has 0 bridgehead atoms. The van der Waals surface area contributed by atoms with Crippen LogP contribution in [-0.2, 0) is 16.1 Å². The minimum atomic E-state index is -0.361. The van der Waals surface area contributed by atoms with Crippen molar-refractivity contribution in [1.29, 1.82) is 0 Å². The molecule has 1 spiro atoms. The van der Waals surface area contributed by atoms with Crippen LogP contribution in [0, 0.1) is 11.7 Å². The monoisotopic (exact) mass is 366 g/mol. The Balaban J connectivity index is 1.30. The third-order valence-electron chi connectivity index (χ3n) is 5.89. The van der Waals surface area contributed by atoms with Crippen molar-refractivity contribution in [2.75, 3.05) is 32.8 Å². The van der Waals surface area contributed by atoms with Gasteiger partial charge in [0.1, 0.15) is 5.82 Å². The lowest BCUT2D eigenvalue weighted by Gasteiger charge is -2.50. The third-order valence-corrected chi connectivity index (χ3v) is 6.20. The number of nitrogens with zero attached hydrogens (tertiary/aromatic N) is 2. The SMILES string of the molecule is O=C1CCCN1CCC1CCOC12CN(Cc1ccc(Cl)c(F)c1)C2. The molecule has 0 N–H and O–H groups in total. The maximum Gasteiger partial charge on any atom is 0.222 e. The summed E-state index contributed by atoms with van der Waals surface area (Å²) in [6.07, 6.45) is 3.80. The van der Waals surface area contributed by atoms with Crippen molar-refractivity contribution in [2.24, 2.45) is 5.92 Å². The standard InChI is InChI=1S/C19H24ClFN2O2/c20-16-4-3-14(10-17(16)21)11-22-12-19(13-22)15(6-9-25-19)5-8-23-7-1-2-18(23)24/h3-4,10,15H,1-2,5-9,11-13H2. The van der Waals surface area contributed by atoms with Crippen LogP contribution in [0.1, 0.15) is 31.2 Å². The number of amides is 1. The molecule has 4 rings (SSSR count).